The molecule has 1 heterocycles. The van der Waals surface area contributed by atoms with Crippen molar-refractivity contribution in [1.82, 2.24) is 0 Å². The van der Waals surface area contributed by atoms with Crippen molar-refractivity contribution < 1.29 is 21.2 Å². The third-order valence-electron chi connectivity index (χ3n) is 4.21. The normalized spacial score (nSPS) is 47.0. The fourth-order valence-electron chi connectivity index (χ4n) is 2.36. The fourth-order valence-corrected chi connectivity index (χ4v) is 6.35. The molecule has 1 aliphatic carbocycles. The van der Waals surface area contributed by atoms with Gasteiger partial charge in [-0.2, -0.15) is 0 Å². The molecule has 0 spiro atoms. The van der Waals surface area contributed by atoms with Crippen molar-refractivity contribution in [3.63, 3.8) is 0 Å². The van der Waals surface area contributed by atoms with Gasteiger partial charge >= 0.3 is 93.3 Å². The molecule has 0 N–H and O–H groups in total. The van der Waals surface area contributed by atoms with E-state index in [0.29, 0.717) is 21.2 Å². The first-order chi connectivity index (χ1) is 6.08. The molecule has 0 amide bonds. The van der Waals surface area contributed by atoms with E-state index in [1.54, 1.807) is 17.3 Å². The molecule has 0 bridgehead atoms. The summed E-state index contributed by atoms with van der Waals surface area (Å²) in [5.41, 5.74) is 0.794. The summed E-state index contributed by atoms with van der Waals surface area (Å²) in [6.07, 6.45) is 7.58. The van der Waals surface area contributed by atoms with Crippen LogP contribution in [0, 0.1) is 11.3 Å². The number of hydrogen-bond donors (Lipinski definition) is 0. The molecule has 0 nitrogen and oxygen atoms in total. The van der Waals surface area contributed by atoms with E-state index >= 15 is 0 Å². The Hall–Kier alpha value is 0.730. The van der Waals surface area contributed by atoms with Crippen molar-refractivity contribution >= 4 is 0 Å². The summed E-state index contributed by atoms with van der Waals surface area (Å²) in [6.45, 7) is 7.49. The Balaban J connectivity index is 1.94. The maximum atomic E-state index is 2.57. The monoisotopic (exact) mass is 293 g/mol. The predicted molar refractivity (Wildman–Crippen MR) is 53.6 cm³/mol. The first kappa shape index (κ1) is 10.3. The third kappa shape index (κ3) is 2.05. The van der Waals surface area contributed by atoms with Gasteiger partial charge in [0.05, 0.1) is 0 Å². The van der Waals surface area contributed by atoms with Crippen molar-refractivity contribution in [2.75, 3.05) is 4.43 Å². The van der Waals surface area contributed by atoms with Gasteiger partial charge in [0.15, 0.2) is 0 Å². The third-order valence-corrected chi connectivity index (χ3v) is 9.48. The van der Waals surface area contributed by atoms with Crippen LogP contribution in [0.4, 0.5) is 0 Å². The van der Waals surface area contributed by atoms with E-state index in [-0.39, 0.29) is 0 Å². The van der Waals surface area contributed by atoms with Crippen LogP contribution in [0.2, 0.25) is 0 Å². The second-order valence-corrected chi connectivity index (χ2v) is 9.59. The molecule has 0 unspecified atom stereocenters. The van der Waals surface area contributed by atoms with Crippen LogP contribution in [-0.2, 0) is 0 Å². The topological polar surface area (TPSA) is 0 Å². The summed E-state index contributed by atoms with van der Waals surface area (Å²) in [5, 5.41) is 0. The van der Waals surface area contributed by atoms with E-state index in [1.807, 2.05) is 0 Å². The summed E-state index contributed by atoms with van der Waals surface area (Å²) >= 11 is 0.482. The Morgan fingerprint density at radius 1 is 1.23 bits per heavy atom. The predicted octanol–water partition coefficient (Wildman–Crippen LogP) is 0.454. The van der Waals surface area contributed by atoms with Crippen molar-refractivity contribution in [3.8, 4) is 0 Å². The molecule has 0 aromatic carbocycles. The van der Waals surface area contributed by atoms with Crippen LogP contribution < -0.4 is 21.2 Å². The van der Waals surface area contributed by atoms with Gasteiger partial charge in [-0.25, -0.2) is 0 Å². The summed E-state index contributed by atoms with van der Waals surface area (Å²) in [4.78, 5) is 0. The Kier molecular flexibility index (Phi) is 2.67. The van der Waals surface area contributed by atoms with Crippen LogP contribution in [0.25, 0.3) is 0 Å². The zero-order chi connectivity index (χ0) is 9.53. The number of halogens is 1. The molecule has 2 atom stereocenters. The summed E-state index contributed by atoms with van der Waals surface area (Å²) < 4.78 is 2.41. The van der Waals surface area contributed by atoms with Gasteiger partial charge < -0.3 is 0 Å². The molecule has 0 aromatic rings. The molecule has 78 valence electrons. The van der Waals surface area contributed by atoms with Gasteiger partial charge in [0.2, 0.25) is 0 Å². The van der Waals surface area contributed by atoms with Crippen molar-refractivity contribution in [3.05, 3.63) is 0 Å². The van der Waals surface area contributed by atoms with Crippen LogP contribution in [0.3, 0.4) is 0 Å². The van der Waals surface area contributed by atoms with E-state index in [9.17, 15) is 0 Å². The number of hydrogen-bond acceptors (Lipinski definition) is 0. The first-order valence-electron chi connectivity index (χ1n) is 5.68. The van der Waals surface area contributed by atoms with Gasteiger partial charge in [0.1, 0.15) is 0 Å². The molecule has 1 saturated carbocycles. The van der Waals surface area contributed by atoms with Crippen LogP contribution in [0.1, 0.15) is 52.9 Å². The number of rotatable bonds is 2. The van der Waals surface area contributed by atoms with E-state index in [1.165, 1.54) is 19.3 Å². The molecular weight excluding hydrogens is 271 g/mol. The second-order valence-electron chi connectivity index (χ2n) is 5.46. The zero-order valence-electron chi connectivity index (χ0n) is 9.20. The fraction of sp³-hybridized carbons (Fsp3) is 1.00. The van der Waals surface area contributed by atoms with Gasteiger partial charge in [0.25, 0.3) is 0 Å². The van der Waals surface area contributed by atoms with Crippen molar-refractivity contribution in [2.45, 2.75) is 56.3 Å². The maximum absolute atomic E-state index is 2.57. The molecule has 2 rings (SSSR count). The van der Waals surface area contributed by atoms with Crippen LogP contribution in [0.5, 0.6) is 0 Å². The quantitative estimate of drug-likeness (QED) is 0.512. The van der Waals surface area contributed by atoms with Gasteiger partial charge in [0, 0.05) is 0 Å². The van der Waals surface area contributed by atoms with E-state index < -0.39 is 0 Å². The van der Waals surface area contributed by atoms with Crippen LogP contribution in [-0.4, -0.2) is 7.85 Å². The van der Waals surface area contributed by atoms with Crippen LogP contribution in [0.15, 0.2) is 0 Å². The van der Waals surface area contributed by atoms with Gasteiger partial charge in [-0.1, -0.05) is 0 Å². The summed E-state index contributed by atoms with van der Waals surface area (Å²) in [7, 11) is 0. The molecule has 1 saturated heterocycles. The standard InChI is InChI=1S/C12H22I/c1-4-12(3)8-7-11(2,9-13-12)10-5-6-10/h10H,4-9H2,1-3H3/q-1/t11-,12-/m0/s1. The van der Waals surface area contributed by atoms with Crippen molar-refractivity contribution in [2.24, 2.45) is 11.3 Å². The van der Waals surface area contributed by atoms with E-state index in [0.717, 1.165) is 14.8 Å². The minimum absolute atomic E-state index is 0.482. The second kappa shape index (κ2) is 3.39. The number of alkyl halides is 2. The molecule has 1 heteroatoms. The molecule has 1 aliphatic heterocycles. The SMILES string of the molecule is CC[C@@]1(C)CC[C@](C)(C2CC2)C[I-]1. The van der Waals surface area contributed by atoms with Gasteiger partial charge in [-0.05, 0) is 0 Å². The first-order valence-corrected chi connectivity index (χ1v) is 8.29. The molecule has 13 heavy (non-hydrogen) atoms. The van der Waals surface area contributed by atoms with E-state index in [2.05, 4.69) is 20.8 Å². The van der Waals surface area contributed by atoms with Crippen molar-refractivity contribution in [1.29, 1.82) is 0 Å². The zero-order valence-corrected chi connectivity index (χ0v) is 11.4. The van der Waals surface area contributed by atoms with Gasteiger partial charge in [-0.15, -0.1) is 0 Å². The molecule has 0 radical (unpaired) electrons. The molecule has 0 aromatic heterocycles. The Morgan fingerprint density at radius 3 is 2.31 bits per heavy atom. The summed E-state index contributed by atoms with van der Waals surface area (Å²) in [6, 6.07) is 0. The molecule has 2 aliphatic rings. The average molecular weight is 293 g/mol. The summed E-state index contributed by atoms with van der Waals surface area (Å²) in [5.74, 6) is 1.13. The Bertz CT molecular complexity index is 185. The van der Waals surface area contributed by atoms with Gasteiger partial charge in [-0.3, -0.25) is 0 Å². The van der Waals surface area contributed by atoms with E-state index in [4.69, 9.17) is 0 Å². The van der Waals surface area contributed by atoms with Crippen LogP contribution >= 0.6 is 0 Å². The molecule has 2 fully saturated rings. The Labute approximate surface area is 93.1 Å². The Morgan fingerprint density at radius 2 is 1.92 bits per heavy atom. The average Bonchev–Trinajstić information content (AvgIpc) is 2.94. The molecular formula is C12H22I-. The minimum atomic E-state index is 0.482.